The lowest BCUT2D eigenvalue weighted by Crippen LogP contribution is -2.30. The van der Waals surface area contributed by atoms with Gasteiger partial charge in [0.1, 0.15) is 5.82 Å². The summed E-state index contributed by atoms with van der Waals surface area (Å²) in [6.45, 7) is 4.75. The van der Waals surface area contributed by atoms with Gasteiger partial charge in [-0.3, -0.25) is 9.69 Å². The van der Waals surface area contributed by atoms with E-state index in [9.17, 15) is 4.79 Å². The Morgan fingerprint density at radius 1 is 1.57 bits per heavy atom. The first-order chi connectivity index (χ1) is 6.59. The highest BCUT2D eigenvalue weighted by Gasteiger charge is 2.25. The van der Waals surface area contributed by atoms with E-state index in [1.54, 1.807) is 4.90 Å². The summed E-state index contributed by atoms with van der Waals surface area (Å²) in [7, 11) is 1.82. The van der Waals surface area contributed by atoms with Crippen molar-refractivity contribution < 1.29 is 4.79 Å². The van der Waals surface area contributed by atoms with Crippen LogP contribution in [0.2, 0.25) is 0 Å². The van der Waals surface area contributed by atoms with Crippen molar-refractivity contribution in [1.82, 2.24) is 9.78 Å². The Kier molecular flexibility index (Phi) is 2.06. The molecular weight excluding hydrogens is 178 g/mol. The predicted molar refractivity (Wildman–Crippen MR) is 54.2 cm³/mol. The van der Waals surface area contributed by atoms with Gasteiger partial charge in [-0.2, -0.15) is 5.10 Å². The highest BCUT2D eigenvalue weighted by molar-refractivity contribution is 5.93. The first kappa shape index (κ1) is 9.24. The van der Waals surface area contributed by atoms with Gasteiger partial charge in [-0.15, -0.1) is 0 Å². The SMILES string of the molecule is Cc1cc2n(n1)CC[C@H](C)C(=O)N2C. The minimum absolute atomic E-state index is 0.0991. The number of carbonyl (C=O) groups excluding carboxylic acids is 1. The van der Waals surface area contributed by atoms with Gasteiger partial charge in [-0.25, -0.2) is 4.68 Å². The van der Waals surface area contributed by atoms with E-state index in [2.05, 4.69) is 5.10 Å². The molecule has 1 atom stereocenters. The second-order valence-corrected chi connectivity index (χ2v) is 3.95. The van der Waals surface area contributed by atoms with E-state index in [-0.39, 0.29) is 11.8 Å². The quantitative estimate of drug-likeness (QED) is 0.621. The van der Waals surface area contributed by atoms with E-state index < -0.39 is 0 Å². The van der Waals surface area contributed by atoms with Crippen LogP contribution in [0, 0.1) is 12.8 Å². The van der Waals surface area contributed by atoms with Crippen molar-refractivity contribution in [3.63, 3.8) is 0 Å². The second kappa shape index (κ2) is 3.12. The van der Waals surface area contributed by atoms with Gasteiger partial charge in [0.05, 0.1) is 5.69 Å². The fourth-order valence-electron chi connectivity index (χ4n) is 1.85. The van der Waals surface area contributed by atoms with Crippen LogP contribution in [0.3, 0.4) is 0 Å². The standard InChI is InChI=1S/C10H15N3O/c1-7-4-5-13-9(6-8(2)11-13)12(3)10(7)14/h6-7H,4-5H2,1-3H3/t7-/m0/s1. The van der Waals surface area contributed by atoms with Gasteiger partial charge in [-0.1, -0.05) is 6.92 Å². The third-order valence-electron chi connectivity index (χ3n) is 2.75. The molecule has 0 saturated carbocycles. The van der Waals surface area contributed by atoms with Crippen molar-refractivity contribution in [2.45, 2.75) is 26.8 Å². The van der Waals surface area contributed by atoms with Gasteiger partial charge in [0.15, 0.2) is 0 Å². The lowest BCUT2D eigenvalue weighted by Gasteiger charge is -2.16. The molecule has 2 heterocycles. The highest BCUT2D eigenvalue weighted by atomic mass is 16.2. The second-order valence-electron chi connectivity index (χ2n) is 3.95. The molecule has 0 fully saturated rings. The number of rotatable bonds is 0. The van der Waals surface area contributed by atoms with Crippen molar-refractivity contribution in [3.8, 4) is 0 Å². The molecule has 0 aliphatic carbocycles. The Hall–Kier alpha value is -1.32. The van der Waals surface area contributed by atoms with Gasteiger partial charge in [0, 0.05) is 25.6 Å². The Morgan fingerprint density at radius 2 is 2.29 bits per heavy atom. The number of aryl methyl sites for hydroxylation is 2. The summed E-state index contributed by atoms with van der Waals surface area (Å²) in [6.07, 6.45) is 0.872. The number of hydrogen-bond donors (Lipinski definition) is 0. The molecule has 0 bridgehead atoms. The largest absolute Gasteiger partial charge is 0.300 e. The zero-order chi connectivity index (χ0) is 10.3. The fourth-order valence-corrected chi connectivity index (χ4v) is 1.85. The predicted octanol–water partition coefficient (Wildman–Crippen LogP) is 1.19. The average molecular weight is 193 g/mol. The first-order valence-corrected chi connectivity index (χ1v) is 4.91. The number of amides is 1. The maximum atomic E-state index is 11.8. The molecule has 2 rings (SSSR count). The first-order valence-electron chi connectivity index (χ1n) is 4.91. The van der Waals surface area contributed by atoms with Crippen molar-refractivity contribution in [2.24, 2.45) is 5.92 Å². The number of anilines is 1. The molecule has 1 amide bonds. The maximum absolute atomic E-state index is 11.8. The van der Waals surface area contributed by atoms with E-state index in [1.807, 2.05) is 31.6 Å². The Morgan fingerprint density at radius 3 is 3.00 bits per heavy atom. The number of aromatic nitrogens is 2. The molecule has 0 saturated heterocycles. The van der Waals surface area contributed by atoms with Crippen molar-refractivity contribution >= 4 is 11.7 Å². The van der Waals surface area contributed by atoms with E-state index >= 15 is 0 Å². The molecule has 0 spiro atoms. The number of nitrogens with zero attached hydrogens (tertiary/aromatic N) is 3. The summed E-state index contributed by atoms with van der Waals surface area (Å²) in [5.41, 5.74) is 0.967. The summed E-state index contributed by atoms with van der Waals surface area (Å²) in [4.78, 5) is 13.5. The normalized spacial score (nSPS) is 22.1. The molecule has 4 heteroatoms. The van der Waals surface area contributed by atoms with Crippen molar-refractivity contribution in [1.29, 1.82) is 0 Å². The van der Waals surface area contributed by atoms with Crippen LogP contribution in [0.5, 0.6) is 0 Å². The summed E-state index contributed by atoms with van der Waals surface area (Å²) in [5, 5.41) is 4.35. The molecule has 0 unspecified atom stereocenters. The molecule has 1 aliphatic heterocycles. The molecule has 76 valence electrons. The Bertz CT molecular complexity index is 369. The van der Waals surface area contributed by atoms with Crippen LogP contribution < -0.4 is 4.90 Å². The number of carbonyl (C=O) groups is 1. The molecular formula is C10H15N3O. The minimum atomic E-state index is 0.0991. The molecule has 1 aromatic heterocycles. The van der Waals surface area contributed by atoms with Crippen LogP contribution in [0.25, 0.3) is 0 Å². The van der Waals surface area contributed by atoms with E-state index in [0.717, 1.165) is 24.5 Å². The molecule has 14 heavy (non-hydrogen) atoms. The van der Waals surface area contributed by atoms with Crippen LogP contribution in [-0.4, -0.2) is 22.7 Å². The van der Waals surface area contributed by atoms with Crippen molar-refractivity contribution in [3.05, 3.63) is 11.8 Å². The third-order valence-corrected chi connectivity index (χ3v) is 2.75. The fraction of sp³-hybridized carbons (Fsp3) is 0.600. The number of hydrogen-bond acceptors (Lipinski definition) is 2. The number of fused-ring (bicyclic) bond motifs is 1. The molecule has 1 aliphatic rings. The topological polar surface area (TPSA) is 38.1 Å². The third kappa shape index (κ3) is 1.31. The van der Waals surface area contributed by atoms with E-state index in [1.165, 1.54) is 0 Å². The maximum Gasteiger partial charge on any atom is 0.230 e. The molecule has 4 nitrogen and oxygen atoms in total. The monoisotopic (exact) mass is 193 g/mol. The van der Waals surface area contributed by atoms with Crippen LogP contribution in [0.4, 0.5) is 5.82 Å². The summed E-state index contributed by atoms with van der Waals surface area (Å²) in [5.74, 6) is 1.20. The van der Waals surface area contributed by atoms with Crippen molar-refractivity contribution in [2.75, 3.05) is 11.9 Å². The smallest absolute Gasteiger partial charge is 0.230 e. The van der Waals surface area contributed by atoms with E-state index in [0.29, 0.717) is 0 Å². The van der Waals surface area contributed by atoms with Crippen LogP contribution in [-0.2, 0) is 11.3 Å². The minimum Gasteiger partial charge on any atom is -0.300 e. The van der Waals surface area contributed by atoms with Crippen LogP contribution >= 0.6 is 0 Å². The van der Waals surface area contributed by atoms with Crippen LogP contribution in [0.1, 0.15) is 19.0 Å². The summed E-state index contributed by atoms with van der Waals surface area (Å²) < 4.78 is 1.91. The van der Waals surface area contributed by atoms with Gasteiger partial charge < -0.3 is 0 Å². The Balaban J connectivity index is 2.43. The van der Waals surface area contributed by atoms with Gasteiger partial charge in [0.2, 0.25) is 5.91 Å². The molecule has 0 aromatic carbocycles. The summed E-state index contributed by atoms with van der Waals surface area (Å²) >= 11 is 0. The zero-order valence-electron chi connectivity index (χ0n) is 8.82. The van der Waals surface area contributed by atoms with E-state index in [4.69, 9.17) is 0 Å². The highest BCUT2D eigenvalue weighted by Crippen LogP contribution is 2.22. The average Bonchev–Trinajstić information content (AvgIpc) is 2.49. The lowest BCUT2D eigenvalue weighted by molar-refractivity contribution is -0.121. The van der Waals surface area contributed by atoms with Crippen LogP contribution in [0.15, 0.2) is 6.07 Å². The molecule has 1 aromatic rings. The molecule has 0 radical (unpaired) electrons. The Labute approximate surface area is 83.5 Å². The lowest BCUT2D eigenvalue weighted by atomic mass is 10.1. The summed E-state index contributed by atoms with van der Waals surface area (Å²) in [6, 6.07) is 1.95. The van der Waals surface area contributed by atoms with Gasteiger partial charge >= 0.3 is 0 Å². The zero-order valence-corrected chi connectivity index (χ0v) is 8.82. The van der Waals surface area contributed by atoms with Gasteiger partial charge in [-0.05, 0) is 13.3 Å². The molecule has 0 N–H and O–H groups in total. The van der Waals surface area contributed by atoms with Gasteiger partial charge in [0.25, 0.3) is 0 Å².